The highest BCUT2D eigenvalue weighted by molar-refractivity contribution is 5.80. The van der Waals surface area contributed by atoms with E-state index in [1.54, 1.807) is 30.5 Å². The summed E-state index contributed by atoms with van der Waals surface area (Å²) in [6, 6.07) is 15.6. The Morgan fingerprint density at radius 3 is 2.35 bits per heavy atom. The molecule has 0 aliphatic heterocycles. The lowest BCUT2D eigenvalue weighted by atomic mass is 10.0. The molecule has 0 aromatic heterocycles. The van der Waals surface area contributed by atoms with Gasteiger partial charge in [0.2, 0.25) is 0 Å². The van der Waals surface area contributed by atoms with Gasteiger partial charge in [0, 0.05) is 6.21 Å². The number of benzene rings is 2. The summed E-state index contributed by atoms with van der Waals surface area (Å²) in [4.78, 5) is 4.32. The van der Waals surface area contributed by atoms with Gasteiger partial charge in [-0.25, -0.2) is 0 Å². The number of hydrogen-bond acceptors (Lipinski definition) is 2. The Balaban J connectivity index is 1.81. The van der Waals surface area contributed by atoms with Crippen LogP contribution >= 0.6 is 0 Å². The molecule has 0 amide bonds. The van der Waals surface area contributed by atoms with E-state index in [-0.39, 0.29) is 5.75 Å². The molecule has 1 N–H and O–H groups in total. The van der Waals surface area contributed by atoms with Gasteiger partial charge in [-0.05, 0) is 54.3 Å². The summed E-state index contributed by atoms with van der Waals surface area (Å²) in [7, 11) is 0. The number of aromatic hydroxyl groups is 1. The molecular weight excluding hydrogens is 282 g/mol. The van der Waals surface area contributed by atoms with E-state index in [4.69, 9.17) is 0 Å². The predicted molar refractivity (Wildman–Crippen MR) is 99.6 cm³/mol. The summed E-state index contributed by atoms with van der Waals surface area (Å²) in [6.07, 6.45) is 12.1. The molecule has 0 aliphatic rings. The number of allylic oxidation sites excluding steroid dienone is 1. The van der Waals surface area contributed by atoms with Crippen molar-refractivity contribution in [3.63, 3.8) is 0 Å². The number of nitrogens with zero attached hydrogens (tertiary/aromatic N) is 1. The Bertz CT molecular complexity index is 624. The van der Waals surface area contributed by atoms with Gasteiger partial charge in [0.15, 0.2) is 0 Å². The molecule has 0 fully saturated rings. The van der Waals surface area contributed by atoms with Crippen molar-refractivity contribution in [1.29, 1.82) is 0 Å². The Hall–Kier alpha value is -2.35. The van der Waals surface area contributed by atoms with Crippen molar-refractivity contribution in [2.24, 2.45) is 4.99 Å². The second-order valence-corrected chi connectivity index (χ2v) is 5.71. The number of rotatable bonds is 8. The molecule has 2 aromatic carbocycles. The van der Waals surface area contributed by atoms with E-state index in [1.807, 2.05) is 12.2 Å². The van der Waals surface area contributed by atoms with E-state index in [9.17, 15) is 5.11 Å². The maximum absolute atomic E-state index is 9.21. The highest BCUT2D eigenvalue weighted by Gasteiger charge is 1.93. The summed E-state index contributed by atoms with van der Waals surface area (Å²) in [5.74, 6) is 0.259. The topological polar surface area (TPSA) is 32.6 Å². The van der Waals surface area contributed by atoms with E-state index in [1.165, 1.54) is 43.2 Å². The van der Waals surface area contributed by atoms with E-state index >= 15 is 0 Å². The van der Waals surface area contributed by atoms with E-state index < -0.39 is 0 Å². The van der Waals surface area contributed by atoms with Crippen LogP contribution in [0.25, 0.3) is 6.08 Å². The fraction of sp³-hybridized carbons (Fsp3) is 0.286. The lowest BCUT2D eigenvalue weighted by Crippen LogP contribution is -1.85. The van der Waals surface area contributed by atoms with Crippen molar-refractivity contribution in [3.8, 4) is 5.75 Å². The molecule has 0 heterocycles. The third-order valence-electron chi connectivity index (χ3n) is 3.75. The molecule has 2 nitrogen and oxygen atoms in total. The van der Waals surface area contributed by atoms with Gasteiger partial charge >= 0.3 is 0 Å². The van der Waals surface area contributed by atoms with Crippen molar-refractivity contribution in [2.75, 3.05) is 0 Å². The van der Waals surface area contributed by atoms with Crippen LogP contribution in [0.1, 0.15) is 43.7 Å². The minimum Gasteiger partial charge on any atom is -0.508 e. The molecule has 0 saturated carbocycles. The third-order valence-corrected chi connectivity index (χ3v) is 3.75. The van der Waals surface area contributed by atoms with Crippen molar-refractivity contribution < 1.29 is 5.11 Å². The second-order valence-electron chi connectivity index (χ2n) is 5.71. The van der Waals surface area contributed by atoms with E-state index in [2.05, 4.69) is 36.2 Å². The SMILES string of the molecule is CCCCCCc1ccc(/C=C/C=Nc2ccc(O)cc2)cc1. The number of aliphatic imine (C=N–C) groups is 1. The molecule has 0 bridgehead atoms. The van der Waals surface area contributed by atoms with Gasteiger partial charge in [-0.3, -0.25) is 4.99 Å². The number of hydrogen-bond donors (Lipinski definition) is 1. The molecule has 23 heavy (non-hydrogen) atoms. The van der Waals surface area contributed by atoms with Crippen molar-refractivity contribution in [2.45, 2.75) is 39.0 Å². The van der Waals surface area contributed by atoms with Gasteiger partial charge in [0.25, 0.3) is 0 Å². The average Bonchev–Trinajstić information content (AvgIpc) is 2.58. The lowest BCUT2D eigenvalue weighted by molar-refractivity contribution is 0.475. The number of aryl methyl sites for hydroxylation is 1. The van der Waals surface area contributed by atoms with Gasteiger partial charge in [0.1, 0.15) is 5.75 Å². The van der Waals surface area contributed by atoms with E-state index in [0.29, 0.717) is 0 Å². The molecule has 0 atom stereocenters. The zero-order chi connectivity index (χ0) is 16.3. The fourth-order valence-corrected chi connectivity index (χ4v) is 2.37. The predicted octanol–water partition coefficient (Wildman–Crippen LogP) is 5.93. The number of unbranched alkanes of at least 4 members (excludes halogenated alkanes) is 3. The molecule has 0 unspecified atom stereocenters. The first-order chi connectivity index (χ1) is 11.3. The summed E-state index contributed by atoms with van der Waals surface area (Å²) < 4.78 is 0. The molecular formula is C21H25NO. The van der Waals surface area contributed by atoms with Crippen LogP contribution in [0, 0.1) is 0 Å². The van der Waals surface area contributed by atoms with E-state index in [0.717, 1.165) is 5.69 Å². The standard InChI is InChI=1S/C21H25NO/c1-2-3-4-5-7-18-9-11-19(12-10-18)8-6-17-22-20-13-15-21(23)16-14-20/h6,8-17,23H,2-5,7H2,1H3/b8-6+,22-17?. The molecule has 2 aromatic rings. The molecule has 120 valence electrons. The zero-order valence-electron chi connectivity index (χ0n) is 13.8. The molecule has 0 spiro atoms. The van der Waals surface area contributed by atoms with Crippen LogP contribution in [0.5, 0.6) is 5.75 Å². The quantitative estimate of drug-likeness (QED) is 0.475. The van der Waals surface area contributed by atoms with Crippen LogP contribution in [0.2, 0.25) is 0 Å². The third kappa shape index (κ3) is 6.52. The first-order valence-electron chi connectivity index (χ1n) is 8.36. The first kappa shape index (κ1) is 17.0. The van der Waals surface area contributed by atoms with Crippen molar-refractivity contribution >= 4 is 18.0 Å². The van der Waals surface area contributed by atoms with Crippen LogP contribution in [0.4, 0.5) is 5.69 Å². The molecule has 0 saturated heterocycles. The molecule has 0 radical (unpaired) electrons. The Labute approximate surface area is 139 Å². The minimum atomic E-state index is 0.259. The number of phenols is 1. The van der Waals surface area contributed by atoms with Gasteiger partial charge < -0.3 is 5.11 Å². The monoisotopic (exact) mass is 307 g/mol. The van der Waals surface area contributed by atoms with Crippen LogP contribution in [0.3, 0.4) is 0 Å². The highest BCUT2D eigenvalue weighted by atomic mass is 16.3. The van der Waals surface area contributed by atoms with Crippen molar-refractivity contribution in [1.82, 2.24) is 0 Å². The second kappa shape index (κ2) is 9.62. The molecule has 0 aliphatic carbocycles. The minimum absolute atomic E-state index is 0.259. The fourth-order valence-electron chi connectivity index (χ4n) is 2.37. The van der Waals surface area contributed by atoms with Crippen LogP contribution in [-0.4, -0.2) is 11.3 Å². The van der Waals surface area contributed by atoms with Gasteiger partial charge in [0.05, 0.1) is 5.69 Å². The summed E-state index contributed by atoms with van der Waals surface area (Å²) in [6.45, 7) is 2.24. The average molecular weight is 307 g/mol. The van der Waals surface area contributed by atoms with Gasteiger partial charge in [-0.2, -0.15) is 0 Å². The van der Waals surface area contributed by atoms with Gasteiger partial charge in [-0.15, -0.1) is 0 Å². The first-order valence-corrected chi connectivity index (χ1v) is 8.36. The molecule has 2 rings (SSSR count). The van der Waals surface area contributed by atoms with Crippen LogP contribution in [0.15, 0.2) is 59.6 Å². The smallest absolute Gasteiger partial charge is 0.115 e. The summed E-state index contributed by atoms with van der Waals surface area (Å²) in [5.41, 5.74) is 3.42. The Morgan fingerprint density at radius 2 is 1.65 bits per heavy atom. The molecule has 2 heteroatoms. The highest BCUT2D eigenvalue weighted by Crippen LogP contribution is 2.16. The number of phenolic OH excluding ortho intramolecular Hbond substituents is 1. The zero-order valence-corrected chi connectivity index (χ0v) is 13.8. The maximum Gasteiger partial charge on any atom is 0.115 e. The van der Waals surface area contributed by atoms with Gasteiger partial charge in [-0.1, -0.05) is 56.5 Å². The summed E-state index contributed by atoms with van der Waals surface area (Å²) >= 11 is 0. The normalized spacial score (nSPS) is 11.5. The summed E-state index contributed by atoms with van der Waals surface area (Å²) in [5, 5.41) is 9.21. The van der Waals surface area contributed by atoms with Crippen molar-refractivity contribution in [3.05, 3.63) is 65.7 Å². The van der Waals surface area contributed by atoms with Crippen LogP contribution in [-0.2, 0) is 6.42 Å². The maximum atomic E-state index is 9.21. The largest absolute Gasteiger partial charge is 0.508 e. The van der Waals surface area contributed by atoms with Crippen LogP contribution < -0.4 is 0 Å². The Morgan fingerprint density at radius 1 is 0.913 bits per heavy atom. The lowest BCUT2D eigenvalue weighted by Gasteiger charge is -2.01. The Kier molecular flexibility index (Phi) is 7.12.